The monoisotopic (exact) mass is 532 g/mol. The van der Waals surface area contributed by atoms with Gasteiger partial charge in [0, 0.05) is 42.4 Å². The van der Waals surface area contributed by atoms with Gasteiger partial charge in [-0.15, -0.1) is 0 Å². The molecule has 1 unspecified atom stereocenters. The zero-order valence-corrected chi connectivity index (χ0v) is 22.2. The molecule has 0 N–H and O–H groups in total. The van der Waals surface area contributed by atoms with Crippen LogP contribution in [0.5, 0.6) is 11.5 Å². The number of ether oxygens (including phenoxy) is 3. The van der Waals surface area contributed by atoms with E-state index in [1.54, 1.807) is 7.11 Å². The number of aliphatic imine (C=N–C) groups is 1. The Hall–Kier alpha value is -2.19. The van der Waals surface area contributed by atoms with Crippen LogP contribution >= 0.6 is 15.9 Å². The molecular formula is C26H33BrN2O5. The predicted molar refractivity (Wildman–Crippen MR) is 134 cm³/mol. The number of fused-ring (bicyclic) bond motifs is 1. The van der Waals surface area contributed by atoms with E-state index in [1.165, 1.54) is 0 Å². The van der Waals surface area contributed by atoms with Crippen LogP contribution in [0.4, 0.5) is 0 Å². The molecule has 2 heterocycles. The molecule has 1 saturated heterocycles. The zero-order chi connectivity index (χ0) is 24.6. The van der Waals surface area contributed by atoms with E-state index in [9.17, 15) is 9.59 Å². The summed E-state index contributed by atoms with van der Waals surface area (Å²) in [5.41, 5.74) is 2.83. The number of carbonyl (C=O) groups excluding carboxylic acids is 2. The van der Waals surface area contributed by atoms with Crippen molar-refractivity contribution in [1.29, 1.82) is 0 Å². The molecule has 184 valence electrons. The molecule has 0 aromatic heterocycles. The molecule has 1 amide bonds. The van der Waals surface area contributed by atoms with Crippen molar-refractivity contribution in [1.82, 2.24) is 4.90 Å². The number of methoxy groups -OCH3 is 1. The van der Waals surface area contributed by atoms with E-state index in [0.717, 1.165) is 22.2 Å². The number of nitrogens with zero attached hydrogens (tertiary/aromatic N) is 2. The van der Waals surface area contributed by atoms with Crippen LogP contribution < -0.4 is 9.47 Å². The lowest BCUT2D eigenvalue weighted by atomic mass is 9.63. The Labute approximate surface area is 209 Å². The summed E-state index contributed by atoms with van der Waals surface area (Å²) in [5, 5.41) is 0. The predicted octanol–water partition coefficient (Wildman–Crippen LogP) is 4.53. The average molecular weight is 533 g/mol. The van der Waals surface area contributed by atoms with Crippen LogP contribution in [0, 0.1) is 11.3 Å². The van der Waals surface area contributed by atoms with Crippen molar-refractivity contribution in [3.63, 3.8) is 0 Å². The van der Waals surface area contributed by atoms with Gasteiger partial charge in [0.15, 0.2) is 11.5 Å². The Balaban J connectivity index is 1.88. The van der Waals surface area contributed by atoms with Gasteiger partial charge in [0.1, 0.15) is 5.78 Å². The summed E-state index contributed by atoms with van der Waals surface area (Å²) < 4.78 is 17.6. The number of benzene rings is 1. The first kappa shape index (κ1) is 24.9. The maximum atomic E-state index is 13.8. The highest BCUT2D eigenvalue weighted by Gasteiger charge is 2.48. The number of carbonyl (C=O) groups is 2. The third kappa shape index (κ3) is 4.67. The maximum absolute atomic E-state index is 13.8. The second-order valence-corrected chi connectivity index (χ2v) is 10.8. The first-order valence-corrected chi connectivity index (χ1v) is 12.6. The lowest BCUT2D eigenvalue weighted by Crippen LogP contribution is -2.47. The normalized spacial score (nSPS) is 24.5. The van der Waals surface area contributed by atoms with Gasteiger partial charge in [-0.05, 0) is 59.3 Å². The van der Waals surface area contributed by atoms with Gasteiger partial charge in [-0.3, -0.25) is 14.6 Å². The van der Waals surface area contributed by atoms with Gasteiger partial charge >= 0.3 is 0 Å². The lowest BCUT2D eigenvalue weighted by Gasteiger charge is -2.42. The SMILES string of the molecule is CCOc1cc([C@@H]2C(C(=O)N3CCOCC3)=C(C)N=C3CC(C)(C)CC(=O)C32)cc(Br)c1OC. The zero-order valence-electron chi connectivity index (χ0n) is 20.6. The van der Waals surface area contributed by atoms with E-state index in [4.69, 9.17) is 19.2 Å². The van der Waals surface area contributed by atoms with Crippen LogP contribution in [0.3, 0.4) is 0 Å². The van der Waals surface area contributed by atoms with E-state index in [-0.39, 0.29) is 17.1 Å². The van der Waals surface area contributed by atoms with Crippen molar-refractivity contribution in [3.05, 3.63) is 33.4 Å². The molecule has 2 atom stereocenters. The van der Waals surface area contributed by atoms with Crippen LogP contribution in [-0.4, -0.2) is 62.3 Å². The minimum absolute atomic E-state index is 0.0730. The van der Waals surface area contributed by atoms with Crippen LogP contribution in [0.1, 0.15) is 52.0 Å². The third-order valence-electron chi connectivity index (χ3n) is 6.79. The second kappa shape index (κ2) is 9.82. The molecule has 2 fully saturated rings. The Kier molecular flexibility index (Phi) is 7.20. The molecule has 8 heteroatoms. The van der Waals surface area contributed by atoms with Gasteiger partial charge in [-0.25, -0.2) is 0 Å². The van der Waals surface area contributed by atoms with Gasteiger partial charge in [0.05, 0.1) is 37.3 Å². The van der Waals surface area contributed by atoms with Crippen molar-refractivity contribution in [2.24, 2.45) is 16.3 Å². The summed E-state index contributed by atoms with van der Waals surface area (Å²) in [5.74, 6) is 0.325. The number of allylic oxidation sites excluding steroid dienone is 1. The summed E-state index contributed by atoms with van der Waals surface area (Å²) in [6.07, 6.45) is 1.19. The van der Waals surface area contributed by atoms with Gasteiger partial charge in [0.2, 0.25) is 0 Å². The highest BCUT2D eigenvalue weighted by molar-refractivity contribution is 9.10. The largest absolute Gasteiger partial charge is 0.492 e. The summed E-state index contributed by atoms with van der Waals surface area (Å²) in [6.45, 7) is 10.5. The van der Waals surface area contributed by atoms with Crippen LogP contribution in [0.2, 0.25) is 0 Å². The van der Waals surface area contributed by atoms with Crippen LogP contribution in [0.25, 0.3) is 0 Å². The summed E-state index contributed by atoms with van der Waals surface area (Å²) in [4.78, 5) is 34.1. The van der Waals surface area contributed by atoms with Gasteiger partial charge in [-0.2, -0.15) is 0 Å². The van der Waals surface area contributed by atoms with Crippen LogP contribution in [0.15, 0.2) is 32.9 Å². The number of hydrogen-bond donors (Lipinski definition) is 0. The number of morpholine rings is 1. The summed E-state index contributed by atoms with van der Waals surface area (Å²) in [6, 6.07) is 3.86. The summed E-state index contributed by atoms with van der Waals surface area (Å²) >= 11 is 3.62. The number of Topliss-reactive ketones (excluding diaryl/α,β-unsaturated/α-hetero) is 1. The van der Waals surface area contributed by atoms with E-state index in [2.05, 4.69) is 29.8 Å². The molecule has 7 nitrogen and oxygen atoms in total. The fourth-order valence-electron chi connectivity index (χ4n) is 5.40. The molecule has 4 rings (SSSR count). The van der Waals surface area contributed by atoms with Crippen molar-refractivity contribution < 1.29 is 23.8 Å². The fraction of sp³-hybridized carbons (Fsp3) is 0.577. The Morgan fingerprint density at radius 2 is 1.94 bits per heavy atom. The minimum atomic E-state index is -0.466. The molecule has 0 spiro atoms. The van der Waals surface area contributed by atoms with E-state index in [0.29, 0.717) is 62.1 Å². The molecule has 1 saturated carbocycles. The standard InChI is InChI=1S/C26H33BrN2O5/c1-6-34-20-12-16(11-17(27)24(20)32-5)22-21(25(31)29-7-9-33-10-8-29)15(2)28-18-13-26(3,4)14-19(30)23(18)22/h11-12,22-23H,6-10,13-14H2,1-5H3/t22-,23?/m1/s1. The lowest BCUT2D eigenvalue weighted by molar-refractivity contribution is -0.131. The fourth-order valence-corrected chi connectivity index (χ4v) is 6.02. The Morgan fingerprint density at radius 3 is 2.59 bits per heavy atom. The topological polar surface area (TPSA) is 77.4 Å². The number of amides is 1. The highest BCUT2D eigenvalue weighted by Crippen LogP contribution is 2.49. The second-order valence-electron chi connectivity index (χ2n) is 9.91. The molecule has 1 aromatic rings. The quantitative estimate of drug-likeness (QED) is 0.556. The Morgan fingerprint density at radius 1 is 1.24 bits per heavy atom. The van der Waals surface area contributed by atoms with E-state index < -0.39 is 11.8 Å². The number of ketones is 1. The molecule has 0 bridgehead atoms. The first-order valence-electron chi connectivity index (χ1n) is 11.8. The molecular weight excluding hydrogens is 500 g/mol. The summed E-state index contributed by atoms with van der Waals surface area (Å²) in [7, 11) is 1.60. The third-order valence-corrected chi connectivity index (χ3v) is 7.38. The van der Waals surface area contributed by atoms with Crippen molar-refractivity contribution in [3.8, 4) is 11.5 Å². The van der Waals surface area contributed by atoms with Crippen molar-refractivity contribution in [2.45, 2.75) is 46.5 Å². The van der Waals surface area contributed by atoms with E-state index in [1.807, 2.05) is 30.9 Å². The number of hydrogen-bond acceptors (Lipinski definition) is 6. The van der Waals surface area contributed by atoms with Gasteiger partial charge < -0.3 is 19.1 Å². The smallest absolute Gasteiger partial charge is 0.252 e. The number of rotatable bonds is 5. The molecule has 1 aliphatic carbocycles. The average Bonchev–Trinajstić information content (AvgIpc) is 2.77. The van der Waals surface area contributed by atoms with Crippen molar-refractivity contribution >= 4 is 33.3 Å². The van der Waals surface area contributed by atoms with Crippen molar-refractivity contribution in [2.75, 3.05) is 40.0 Å². The number of halogens is 1. The molecule has 2 aliphatic heterocycles. The molecule has 34 heavy (non-hydrogen) atoms. The van der Waals surface area contributed by atoms with Gasteiger partial charge in [-0.1, -0.05) is 13.8 Å². The minimum Gasteiger partial charge on any atom is -0.492 e. The molecule has 0 radical (unpaired) electrons. The van der Waals surface area contributed by atoms with Crippen LogP contribution in [-0.2, 0) is 14.3 Å². The highest BCUT2D eigenvalue weighted by atomic mass is 79.9. The first-order chi connectivity index (χ1) is 16.2. The maximum Gasteiger partial charge on any atom is 0.252 e. The molecule has 1 aromatic carbocycles. The molecule has 3 aliphatic rings. The van der Waals surface area contributed by atoms with Gasteiger partial charge in [0.25, 0.3) is 5.91 Å². The Bertz CT molecular complexity index is 1060. The van der Waals surface area contributed by atoms with E-state index >= 15 is 0 Å².